The highest BCUT2D eigenvalue weighted by molar-refractivity contribution is 4.74. The number of hydrogen-bond donors (Lipinski definition) is 1. The second-order valence-corrected chi connectivity index (χ2v) is 6.50. The molecule has 0 aliphatic carbocycles. The van der Waals surface area contributed by atoms with Gasteiger partial charge in [-0.1, -0.05) is 32.6 Å². The van der Waals surface area contributed by atoms with Crippen LogP contribution in [0.4, 0.5) is 0 Å². The van der Waals surface area contributed by atoms with Gasteiger partial charge in [-0.3, -0.25) is 0 Å². The molecule has 19 heavy (non-hydrogen) atoms. The van der Waals surface area contributed by atoms with Gasteiger partial charge in [0.15, 0.2) is 0 Å². The third kappa shape index (κ3) is 12.6. The summed E-state index contributed by atoms with van der Waals surface area (Å²) < 4.78 is 11.3. The molecule has 0 aliphatic rings. The summed E-state index contributed by atoms with van der Waals surface area (Å²) in [7, 11) is 1.74. The summed E-state index contributed by atoms with van der Waals surface area (Å²) in [5, 5.41) is 3.48. The molecule has 1 N–H and O–H groups in total. The Labute approximate surface area is 120 Å². The number of methoxy groups -OCH3 is 1. The minimum atomic E-state index is 0.125. The maximum Gasteiger partial charge on any atom is 0.0936 e. The van der Waals surface area contributed by atoms with Crippen molar-refractivity contribution < 1.29 is 9.47 Å². The van der Waals surface area contributed by atoms with E-state index in [9.17, 15) is 0 Å². The second kappa shape index (κ2) is 10.6. The lowest BCUT2D eigenvalue weighted by Crippen LogP contribution is -2.43. The van der Waals surface area contributed by atoms with Crippen LogP contribution in [-0.4, -0.2) is 38.0 Å². The molecule has 0 aromatic rings. The van der Waals surface area contributed by atoms with Gasteiger partial charge in [-0.15, -0.1) is 0 Å². The van der Waals surface area contributed by atoms with E-state index >= 15 is 0 Å². The standard InChI is InChI=1S/C16H35NO2/c1-7-8-9-10-11-14(2)19-15(13-18-6)12-17-16(3,4)5/h14-15,17H,7-13H2,1-6H3. The van der Waals surface area contributed by atoms with Crippen molar-refractivity contribution >= 4 is 0 Å². The summed E-state index contributed by atoms with van der Waals surface area (Å²) in [6.45, 7) is 12.4. The molecule has 0 saturated heterocycles. The van der Waals surface area contributed by atoms with E-state index in [0.717, 1.165) is 13.0 Å². The maximum absolute atomic E-state index is 6.08. The van der Waals surface area contributed by atoms with Gasteiger partial charge >= 0.3 is 0 Å². The molecule has 3 nitrogen and oxygen atoms in total. The molecule has 0 bridgehead atoms. The zero-order chi connectivity index (χ0) is 14.7. The fourth-order valence-corrected chi connectivity index (χ4v) is 2.01. The Morgan fingerprint density at radius 3 is 2.32 bits per heavy atom. The van der Waals surface area contributed by atoms with E-state index in [1.165, 1.54) is 25.7 Å². The molecular formula is C16H35NO2. The molecular weight excluding hydrogens is 238 g/mol. The Kier molecular flexibility index (Phi) is 10.6. The Bertz CT molecular complexity index is 201. The third-order valence-electron chi connectivity index (χ3n) is 3.10. The zero-order valence-electron chi connectivity index (χ0n) is 13.9. The lowest BCUT2D eigenvalue weighted by atomic mass is 10.1. The lowest BCUT2D eigenvalue weighted by molar-refractivity contribution is -0.0452. The van der Waals surface area contributed by atoms with Crippen molar-refractivity contribution in [2.24, 2.45) is 0 Å². The van der Waals surface area contributed by atoms with Crippen LogP contribution in [0.2, 0.25) is 0 Å². The zero-order valence-corrected chi connectivity index (χ0v) is 13.9. The van der Waals surface area contributed by atoms with Gasteiger partial charge in [0, 0.05) is 19.2 Å². The van der Waals surface area contributed by atoms with Gasteiger partial charge in [-0.25, -0.2) is 0 Å². The van der Waals surface area contributed by atoms with Crippen LogP contribution in [0.25, 0.3) is 0 Å². The molecule has 2 atom stereocenters. The summed E-state index contributed by atoms with van der Waals surface area (Å²) in [4.78, 5) is 0. The number of ether oxygens (including phenoxy) is 2. The quantitative estimate of drug-likeness (QED) is 0.581. The van der Waals surface area contributed by atoms with E-state index in [1.807, 2.05) is 0 Å². The van der Waals surface area contributed by atoms with E-state index in [-0.39, 0.29) is 11.6 Å². The highest BCUT2D eigenvalue weighted by Crippen LogP contribution is 2.10. The Balaban J connectivity index is 3.90. The predicted molar refractivity (Wildman–Crippen MR) is 82.7 cm³/mol. The van der Waals surface area contributed by atoms with E-state index in [0.29, 0.717) is 12.7 Å². The van der Waals surface area contributed by atoms with Gasteiger partial charge in [0.2, 0.25) is 0 Å². The molecule has 0 saturated carbocycles. The minimum absolute atomic E-state index is 0.125. The number of nitrogens with one attached hydrogen (secondary N) is 1. The lowest BCUT2D eigenvalue weighted by Gasteiger charge is -2.27. The molecule has 116 valence electrons. The summed E-state index contributed by atoms with van der Waals surface area (Å²) in [6.07, 6.45) is 6.82. The van der Waals surface area contributed by atoms with Crippen LogP contribution < -0.4 is 5.32 Å². The molecule has 0 amide bonds. The van der Waals surface area contributed by atoms with Gasteiger partial charge in [-0.2, -0.15) is 0 Å². The van der Waals surface area contributed by atoms with E-state index in [4.69, 9.17) is 9.47 Å². The minimum Gasteiger partial charge on any atom is -0.382 e. The molecule has 0 heterocycles. The van der Waals surface area contributed by atoms with Crippen LogP contribution in [0.15, 0.2) is 0 Å². The van der Waals surface area contributed by atoms with E-state index in [1.54, 1.807) is 7.11 Å². The van der Waals surface area contributed by atoms with Crippen LogP contribution in [0.1, 0.15) is 66.7 Å². The van der Waals surface area contributed by atoms with Crippen LogP contribution >= 0.6 is 0 Å². The van der Waals surface area contributed by atoms with Crippen molar-refractivity contribution in [2.45, 2.75) is 84.5 Å². The fourth-order valence-electron chi connectivity index (χ4n) is 2.01. The summed E-state index contributed by atoms with van der Waals surface area (Å²) in [6, 6.07) is 0. The number of unbranched alkanes of at least 4 members (excludes halogenated alkanes) is 3. The molecule has 3 heteroatoms. The average Bonchev–Trinajstić information content (AvgIpc) is 2.31. The normalized spacial score (nSPS) is 15.5. The molecule has 0 aliphatic heterocycles. The van der Waals surface area contributed by atoms with Crippen LogP contribution in [0.5, 0.6) is 0 Å². The summed E-state index contributed by atoms with van der Waals surface area (Å²) in [5.41, 5.74) is 0.125. The monoisotopic (exact) mass is 273 g/mol. The summed E-state index contributed by atoms with van der Waals surface area (Å²) in [5.74, 6) is 0. The Morgan fingerprint density at radius 1 is 1.11 bits per heavy atom. The van der Waals surface area contributed by atoms with E-state index < -0.39 is 0 Å². The van der Waals surface area contributed by atoms with Crippen LogP contribution in [0.3, 0.4) is 0 Å². The van der Waals surface area contributed by atoms with Crippen molar-refractivity contribution in [1.29, 1.82) is 0 Å². The Hall–Kier alpha value is -0.120. The average molecular weight is 273 g/mol. The van der Waals surface area contributed by atoms with Gasteiger partial charge in [0.1, 0.15) is 0 Å². The van der Waals surface area contributed by atoms with Crippen LogP contribution in [0, 0.1) is 0 Å². The maximum atomic E-state index is 6.08. The topological polar surface area (TPSA) is 30.5 Å². The summed E-state index contributed by atoms with van der Waals surface area (Å²) >= 11 is 0. The molecule has 0 radical (unpaired) electrons. The molecule has 0 rings (SSSR count). The first-order valence-electron chi connectivity index (χ1n) is 7.78. The van der Waals surface area contributed by atoms with Gasteiger partial charge < -0.3 is 14.8 Å². The van der Waals surface area contributed by atoms with Crippen molar-refractivity contribution in [3.8, 4) is 0 Å². The van der Waals surface area contributed by atoms with Crippen molar-refractivity contribution in [3.63, 3.8) is 0 Å². The first-order chi connectivity index (χ1) is 8.89. The number of hydrogen-bond acceptors (Lipinski definition) is 3. The molecule has 2 unspecified atom stereocenters. The van der Waals surface area contributed by atoms with Gasteiger partial charge in [0.05, 0.1) is 18.8 Å². The van der Waals surface area contributed by atoms with Gasteiger partial charge in [-0.05, 0) is 34.1 Å². The van der Waals surface area contributed by atoms with Gasteiger partial charge in [0.25, 0.3) is 0 Å². The van der Waals surface area contributed by atoms with Crippen LogP contribution in [-0.2, 0) is 9.47 Å². The molecule has 0 fully saturated rings. The molecule has 0 aromatic heterocycles. The predicted octanol–water partition coefficient (Wildman–Crippen LogP) is 3.77. The third-order valence-corrected chi connectivity index (χ3v) is 3.10. The van der Waals surface area contributed by atoms with Crippen molar-refractivity contribution in [2.75, 3.05) is 20.3 Å². The fraction of sp³-hybridized carbons (Fsp3) is 1.00. The number of rotatable bonds is 11. The van der Waals surface area contributed by atoms with E-state index in [2.05, 4.69) is 39.9 Å². The Morgan fingerprint density at radius 2 is 1.79 bits per heavy atom. The largest absolute Gasteiger partial charge is 0.382 e. The molecule has 0 aromatic carbocycles. The molecule has 0 spiro atoms. The smallest absolute Gasteiger partial charge is 0.0936 e. The second-order valence-electron chi connectivity index (χ2n) is 6.50. The first kappa shape index (κ1) is 18.9. The SMILES string of the molecule is CCCCCCC(C)OC(CNC(C)(C)C)COC. The van der Waals surface area contributed by atoms with Crippen molar-refractivity contribution in [3.05, 3.63) is 0 Å². The highest BCUT2D eigenvalue weighted by Gasteiger charge is 2.16. The first-order valence-corrected chi connectivity index (χ1v) is 7.78. The van der Waals surface area contributed by atoms with Crippen molar-refractivity contribution in [1.82, 2.24) is 5.32 Å². The highest BCUT2D eigenvalue weighted by atomic mass is 16.5.